The monoisotopic (exact) mass is 493 g/mol. The highest BCUT2D eigenvalue weighted by Crippen LogP contribution is 2.40. The van der Waals surface area contributed by atoms with Crippen molar-refractivity contribution < 1.29 is 28.9 Å². The van der Waals surface area contributed by atoms with Gasteiger partial charge in [0, 0.05) is 5.56 Å². The van der Waals surface area contributed by atoms with E-state index in [2.05, 4.69) is 11.6 Å². The predicted molar refractivity (Wildman–Crippen MR) is 138 cm³/mol. The van der Waals surface area contributed by atoms with Crippen LogP contribution < -0.4 is 9.47 Å². The van der Waals surface area contributed by atoms with E-state index >= 15 is 0 Å². The minimum Gasteiger partial charge on any atom is -0.506 e. The Hall–Kier alpha value is -3.78. The van der Waals surface area contributed by atoms with Gasteiger partial charge in [0.1, 0.15) is 23.0 Å². The Morgan fingerprint density at radius 2 is 1.80 bits per heavy atom. The van der Waals surface area contributed by atoms with E-state index in [1.54, 1.807) is 61.5 Å². The number of nitrogens with zero attached hydrogens (tertiary/aromatic N) is 1. The summed E-state index contributed by atoms with van der Waals surface area (Å²) in [5, 5.41) is 10.9. The average Bonchev–Trinajstić information content (AvgIpc) is 3.13. The van der Waals surface area contributed by atoms with Gasteiger partial charge in [0.2, 0.25) is 0 Å². The molecule has 2 aromatic carbocycles. The third kappa shape index (κ3) is 6.42. The number of aryl methyl sites for hydroxylation is 1. The highest BCUT2D eigenvalue weighted by atomic mass is 32.2. The molecule has 0 bridgehead atoms. The summed E-state index contributed by atoms with van der Waals surface area (Å²) < 4.78 is 16.4. The van der Waals surface area contributed by atoms with Gasteiger partial charge in [0.15, 0.2) is 11.5 Å². The molecular formula is C27H27NO6S. The lowest BCUT2D eigenvalue weighted by atomic mass is 10.1. The van der Waals surface area contributed by atoms with E-state index in [1.165, 1.54) is 0 Å². The summed E-state index contributed by atoms with van der Waals surface area (Å²) in [4.78, 5) is 29.8. The molecule has 1 heterocycles. The molecule has 2 aromatic rings. The molecule has 0 radical (unpaired) electrons. The fraction of sp³-hybridized carbons (Fsp3) is 0.222. The first-order valence-electron chi connectivity index (χ1n) is 11.1. The van der Waals surface area contributed by atoms with Crippen molar-refractivity contribution in [2.75, 3.05) is 19.8 Å². The van der Waals surface area contributed by atoms with E-state index in [9.17, 15) is 14.7 Å². The number of amides is 1. The van der Waals surface area contributed by atoms with Crippen molar-refractivity contribution in [3.63, 3.8) is 0 Å². The van der Waals surface area contributed by atoms with Crippen LogP contribution in [0.1, 0.15) is 35.3 Å². The first kappa shape index (κ1) is 25.8. The Morgan fingerprint density at radius 3 is 2.46 bits per heavy atom. The smallest absolute Gasteiger partial charge is 0.344 e. The minimum atomic E-state index is -0.750. The molecule has 3 rings (SSSR count). The van der Waals surface area contributed by atoms with Crippen molar-refractivity contribution in [2.24, 2.45) is 4.99 Å². The van der Waals surface area contributed by atoms with Gasteiger partial charge < -0.3 is 19.3 Å². The maximum absolute atomic E-state index is 12.7. The maximum Gasteiger partial charge on any atom is 0.344 e. The van der Waals surface area contributed by atoms with Crippen molar-refractivity contribution >= 4 is 34.8 Å². The van der Waals surface area contributed by atoms with Crippen molar-refractivity contribution in [2.45, 2.75) is 20.8 Å². The average molecular weight is 494 g/mol. The van der Waals surface area contributed by atoms with Crippen molar-refractivity contribution in [1.82, 2.24) is 0 Å². The van der Waals surface area contributed by atoms with Crippen molar-refractivity contribution in [1.29, 1.82) is 0 Å². The van der Waals surface area contributed by atoms with Crippen LogP contribution in [0.2, 0.25) is 0 Å². The topological polar surface area (TPSA) is 94.4 Å². The Bertz CT molecular complexity index is 1210. The zero-order valence-corrected chi connectivity index (χ0v) is 20.7. The molecule has 0 saturated carbocycles. The van der Waals surface area contributed by atoms with Gasteiger partial charge in [0.05, 0.1) is 18.1 Å². The number of aliphatic hydroxyl groups excluding tert-OH is 1. The zero-order valence-electron chi connectivity index (χ0n) is 19.9. The molecule has 1 aliphatic rings. The molecule has 0 aromatic heterocycles. The number of carbonyl (C=O) groups excluding carboxylic acids is 2. The molecule has 1 N–H and O–H groups in total. The number of hydrogen-bond donors (Lipinski definition) is 1. The summed E-state index contributed by atoms with van der Waals surface area (Å²) in [6.45, 7) is 9.97. The van der Waals surface area contributed by atoms with E-state index in [-0.39, 0.29) is 23.0 Å². The summed E-state index contributed by atoms with van der Waals surface area (Å²) >= 11 is 1.02. The Kier molecular flexibility index (Phi) is 8.92. The second kappa shape index (κ2) is 12.1. The molecular weight excluding hydrogens is 466 g/mol. The number of thioether (sulfide) groups is 1. The third-order valence-electron chi connectivity index (χ3n) is 4.79. The molecule has 0 fully saturated rings. The molecule has 182 valence electrons. The van der Waals surface area contributed by atoms with Crippen LogP contribution >= 0.6 is 11.8 Å². The van der Waals surface area contributed by atoms with Crippen LogP contribution in [0.15, 0.2) is 76.3 Å². The molecule has 1 amide bonds. The van der Waals surface area contributed by atoms with Gasteiger partial charge in [-0.2, -0.15) is 0 Å². The molecule has 35 heavy (non-hydrogen) atoms. The second-order valence-corrected chi connectivity index (χ2v) is 8.41. The molecule has 1 aliphatic heterocycles. The largest absolute Gasteiger partial charge is 0.506 e. The Labute approximate surface area is 208 Å². The number of aliphatic imine (C=N–C) groups is 1. The molecule has 0 aliphatic carbocycles. The summed E-state index contributed by atoms with van der Waals surface area (Å²) in [7, 11) is 0. The van der Waals surface area contributed by atoms with Crippen molar-refractivity contribution in [3.8, 4) is 11.5 Å². The molecule has 0 unspecified atom stereocenters. The Balaban J connectivity index is 1.99. The van der Waals surface area contributed by atoms with Crippen LogP contribution in [0.5, 0.6) is 11.5 Å². The predicted octanol–water partition coefficient (Wildman–Crippen LogP) is 5.66. The SMILES string of the molecule is C=CCOc1ccc(/C=C2\SC(=NC(=O)c3ccc(C)cc3)C(C(=O)OCC)=C2O)cc1OCC. The number of rotatable bonds is 9. The molecule has 0 saturated heterocycles. The number of ether oxygens (including phenoxy) is 3. The normalized spacial score (nSPS) is 15.4. The summed E-state index contributed by atoms with van der Waals surface area (Å²) in [5.74, 6) is -0.478. The summed E-state index contributed by atoms with van der Waals surface area (Å²) in [6, 6.07) is 12.2. The Morgan fingerprint density at radius 1 is 1.06 bits per heavy atom. The van der Waals surface area contributed by atoms with Gasteiger partial charge >= 0.3 is 5.97 Å². The molecule has 0 atom stereocenters. The van der Waals surface area contributed by atoms with Gasteiger partial charge in [-0.05, 0) is 56.7 Å². The fourth-order valence-electron chi connectivity index (χ4n) is 3.15. The lowest BCUT2D eigenvalue weighted by molar-refractivity contribution is -0.138. The van der Waals surface area contributed by atoms with Crippen LogP contribution in [0.3, 0.4) is 0 Å². The molecule has 0 spiro atoms. The van der Waals surface area contributed by atoms with Gasteiger partial charge in [-0.25, -0.2) is 9.79 Å². The first-order chi connectivity index (χ1) is 16.9. The number of carbonyl (C=O) groups is 2. The third-order valence-corrected chi connectivity index (χ3v) is 5.81. The van der Waals surface area contributed by atoms with Crippen LogP contribution in [-0.4, -0.2) is 41.8 Å². The van der Waals surface area contributed by atoms with Crippen LogP contribution in [0.25, 0.3) is 6.08 Å². The van der Waals surface area contributed by atoms with Crippen LogP contribution in [0, 0.1) is 6.92 Å². The van der Waals surface area contributed by atoms with Gasteiger partial charge in [-0.15, -0.1) is 0 Å². The minimum absolute atomic E-state index is 0.0775. The lowest BCUT2D eigenvalue weighted by Gasteiger charge is -2.11. The van der Waals surface area contributed by atoms with E-state index in [0.29, 0.717) is 40.7 Å². The number of benzene rings is 2. The summed E-state index contributed by atoms with van der Waals surface area (Å²) in [5.41, 5.74) is 1.94. The molecule has 7 nitrogen and oxygen atoms in total. The lowest BCUT2D eigenvalue weighted by Crippen LogP contribution is -2.14. The van der Waals surface area contributed by atoms with Crippen LogP contribution in [0.4, 0.5) is 0 Å². The number of hydrogen-bond acceptors (Lipinski definition) is 7. The van der Waals surface area contributed by atoms with E-state index in [4.69, 9.17) is 14.2 Å². The van der Waals surface area contributed by atoms with Crippen LogP contribution in [-0.2, 0) is 9.53 Å². The maximum atomic E-state index is 12.7. The first-order valence-corrected chi connectivity index (χ1v) is 11.9. The van der Waals surface area contributed by atoms with Gasteiger partial charge in [-0.3, -0.25) is 4.79 Å². The quantitative estimate of drug-likeness (QED) is 0.356. The second-order valence-electron chi connectivity index (χ2n) is 7.38. The van der Waals surface area contributed by atoms with E-state index in [1.807, 2.05) is 13.8 Å². The zero-order chi connectivity index (χ0) is 25.4. The van der Waals surface area contributed by atoms with E-state index in [0.717, 1.165) is 17.3 Å². The summed E-state index contributed by atoms with van der Waals surface area (Å²) in [6.07, 6.45) is 3.32. The fourth-order valence-corrected chi connectivity index (χ4v) is 4.16. The highest BCUT2D eigenvalue weighted by molar-refractivity contribution is 8.18. The number of aliphatic hydroxyl groups is 1. The molecule has 8 heteroatoms. The standard InChI is InChI=1S/C27H27NO6S/c1-5-14-34-20-13-10-18(15-21(20)32-6-2)16-22-24(29)23(27(31)33-7-3)26(35-22)28-25(30)19-11-8-17(4)9-12-19/h5,8-13,15-16,29H,1,6-7,14H2,2-4H3/b22-16-,28-26?. The van der Waals surface area contributed by atoms with Gasteiger partial charge in [0.25, 0.3) is 5.91 Å². The van der Waals surface area contributed by atoms with E-state index < -0.39 is 11.9 Å². The number of esters is 1. The van der Waals surface area contributed by atoms with Gasteiger partial charge in [-0.1, -0.05) is 48.2 Å². The highest BCUT2D eigenvalue weighted by Gasteiger charge is 2.34. The van der Waals surface area contributed by atoms with Crippen molar-refractivity contribution in [3.05, 3.63) is 88.0 Å².